The standard InChI is InChI=1S/C10H11N3O3S2/c14-8-4-18(15,16)3-7(8)13-9-6-1-2-17-10(6)12-5-11-9/h1-2,5,7-8,14H,3-4H2,(H,11,12,13)/t7-,8-/m1/s1. The monoisotopic (exact) mass is 285 g/mol. The summed E-state index contributed by atoms with van der Waals surface area (Å²) >= 11 is 1.49. The zero-order valence-corrected chi connectivity index (χ0v) is 10.9. The molecular weight excluding hydrogens is 274 g/mol. The van der Waals surface area contributed by atoms with E-state index in [-0.39, 0.29) is 11.5 Å². The second-order valence-electron chi connectivity index (χ2n) is 4.26. The van der Waals surface area contributed by atoms with Crippen LogP contribution in [-0.4, -0.2) is 47.1 Å². The average molecular weight is 285 g/mol. The first-order valence-corrected chi connectivity index (χ1v) is 8.08. The molecule has 1 aliphatic rings. The highest BCUT2D eigenvalue weighted by molar-refractivity contribution is 7.91. The molecule has 2 aromatic heterocycles. The second-order valence-corrected chi connectivity index (χ2v) is 7.31. The lowest BCUT2D eigenvalue weighted by Crippen LogP contribution is -2.32. The van der Waals surface area contributed by atoms with Gasteiger partial charge in [-0.05, 0) is 11.4 Å². The van der Waals surface area contributed by atoms with Gasteiger partial charge in [-0.3, -0.25) is 0 Å². The molecule has 2 aromatic rings. The Hall–Kier alpha value is -1.25. The first kappa shape index (κ1) is 11.8. The van der Waals surface area contributed by atoms with Crippen LogP contribution in [0.25, 0.3) is 10.2 Å². The molecule has 0 amide bonds. The van der Waals surface area contributed by atoms with Crippen molar-refractivity contribution in [2.24, 2.45) is 0 Å². The largest absolute Gasteiger partial charge is 0.390 e. The van der Waals surface area contributed by atoms with Gasteiger partial charge in [-0.25, -0.2) is 18.4 Å². The van der Waals surface area contributed by atoms with Crippen molar-refractivity contribution in [1.82, 2.24) is 9.97 Å². The summed E-state index contributed by atoms with van der Waals surface area (Å²) in [6.07, 6.45) is 0.537. The lowest BCUT2D eigenvalue weighted by Gasteiger charge is -2.15. The van der Waals surface area contributed by atoms with E-state index in [1.807, 2.05) is 11.4 Å². The molecule has 0 bridgehead atoms. The number of nitrogens with one attached hydrogen (secondary N) is 1. The lowest BCUT2D eigenvalue weighted by molar-refractivity contribution is 0.190. The fraction of sp³-hybridized carbons (Fsp3) is 0.400. The lowest BCUT2D eigenvalue weighted by atomic mass is 10.2. The highest BCUT2D eigenvalue weighted by Crippen LogP contribution is 2.26. The minimum Gasteiger partial charge on any atom is -0.390 e. The summed E-state index contributed by atoms with van der Waals surface area (Å²) in [6, 6.07) is 1.37. The first-order chi connectivity index (χ1) is 8.55. The third-order valence-corrected chi connectivity index (χ3v) is 5.44. The number of nitrogens with zero attached hydrogens (tertiary/aromatic N) is 2. The Labute approximate surface area is 108 Å². The fourth-order valence-corrected chi connectivity index (χ4v) is 4.52. The molecule has 0 unspecified atom stereocenters. The van der Waals surface area contributed by atoms with E-state index in [0.717, 1.165) is 10.2 Å². The Bertz CT molecular complexity index is 682. The molecule has 0 radical (unpaired) electrons. The number of aliphatic hydroxyl groups is 1. The Kier molecular flexibility index (Phi) is 2.72. The summed E-state index contributed by atoms with van der Waals surface area (Å²) in [7, 11) is -3.16. The third-order valence-electron chi connectivity index (χ3n) is 2.91. The average Bonchev–Trinajstić information content (AvgIpc) is 2.84. The molecule has 0 aliphatic carbocycles. The SMILES string of the molecule is O=S1(=O)C[C@@H](O)[C@H](Nc2ncnc3sccc23)C1. The van der Waals surface area contributed by atoms with Gasteiger partial charge >= 0.3 is 0 Å². The molecule has 2 atom stereocenters. The molecule has 0 spiro atoms. The molecule has 0 aromatic carbocycles. The zero-order chi connectivity index (χ0) is 12.8. The van der Waals surface area contributed by atoms with Gasteiger partial charge in [0.25, 0.3) is 0 Å². The second kappa shape index (κ2) is 4.15. The number of hydrogen-bond donors (Lipinski definition) is 2. The number of rotatable bonds is 2. The highest BCUT2D eigenvalue weighted by Gasteiger charge is 2.36. The van der Waals surface area contributed by atoms with Gasteiger partial charge in [0.15, 0.2) is 9.84 Å². The van der Waals surface area contributed by atoms with Crippen LogP contribution in [0.3, 0.4) is 0 Å². The number of aromatic nitrogens is 2. The van der Waals surface area contributed by atoms with Crippen LogP contribution in [0.1, 0.15) is 0 Å². The summed E-state index contributed by atoms with van der Waals surface area (Å²) in [4.78, 5) is 9.05. The predicted molar refractivity (Wildman–Crippen MR) is 69.5 cm³/mol. The van der Waals surface area contributed by atoms with Gasteiger partial charge in [-0.1, -0.05) is 0 Å². The van der Waals surface area contributed by atoms with E-state index in [9.17, 15) is 13.5 Å². The minimum atomic E-state index is -3.16. The van der Waals surface area contributed by atoms with Gasteiger partial charge in [-0.2, -0.15) is 0 Å². The van der Waals surface area contributed by atoms with Crippen molar-refractivity contribution in [3.8, 4) is 0 Å². The van der Waals surface area contributed by atoms with E-state index in [4.69, 9.17) is 0 Å². The van der Waals surface area contributed by atoms with Crippen molar-refractivity contribution in [2.75, 3.05) is 16.8 Å². The Morgan fingerprint density at radius 2 is 2.22 bits per heavy atom. The Morgan fingerprint density at radius 1 is 1.39 bits per heavy atom. The first-order valence-electron chi connectivity index (χ1n) is 5.38. The fourth-order valence-electron chi connectivity index (χ4n) is 2.05. The molecule has 6 nitrogen and oxygen atoms in total. The van der Waals surface area contributed by atoms with E-state index in [2.05, 4.69) is 15.3 Å². The van der Waals surface area contributed by atoms with Crippen molar-refractivity contribution in [3.05, 3.63) is 17.8 Å². The van der Waals surface area contributed by atoms with E-state index < -0.39 is 22.0 Å². The van der Waals surface area contributed by atoms with Gasteiger partial charge in [-0.15, -0.1) is 11.3 Å². The number of sulfone groups is 1. The van der Waals surface area contributed by atoms with Gasteiger partial charge in [0.05, 0.1) is 29.0 Å². The summed E-state index contributed by atoms with van der Waals surface area (Å²) in [5, 5.41) is 15.5. The number of aliphatic hydroxyl groups excluding tert-OH is 1. The predicted octanol–water partition coefficient (Wildman–Crippen LogP) is 0.261. The molecule has 18 heavy (non-hydrogen) atoms. The smallest absolute Gasteiger partial charge is 0.155 e. The van der Waals surface area contributed by atoms with Crippen LogP contribution in [0, 0.1) is 0 Å². The van der Waals surface area contributed by atoms with Crippen molar-refractivity contribution >= 4 is 37.2 Å². The Balaban J connectivity index is 1.91. The van der Waals surface area contributed by atoms with Gasteiger partial charge < -0.3 is 10.4 Å². The summed E-state index contributed by atoms with van der Waals surface area (Å²) < 4.78 is 22.8. The number of anilines is 1. The summed E-state index contributed by atoms with van der Waals surface area (Å²) in [5.41, 5.74) is 0. The molecule has 96 valence electrons. The maximum absolute atomic E-state index is 11.4. The minimum absolute atomic E-state index is 0.0657. The topological polar surface area (TPSA) is 92.2 Å². The van der Waals surface area contributed by atoms with Crippen LogP contribution in [0.2, 0.25) is 0 Å². The molecule has 3 heterocycles. The number of thiophene rings is 1. The van der Waals surface area contributed by atoms with Crippen molar-refractivity contribution in [3.63, 3.8) is 0 Å². The van der Waals surface area contributed by atoms with Gasteiger partial charge in [0.2, 0.25) is 0 Å². The Morgan fingerprint density at radius 3 is 2.94 bits per heavy atom. The van der Waals surface area contributed by atoms with Gasteiger partial charge in [0.1, 0.15) is 17.0 Å². The molecule has 1 fully saturated rings. The molecule has 2 N–H and O–H groups in total. The quantitative estimate of drug-likeness (QED) is 0.822. The van der Waals surface area contributed by atoms with Crippen LogP contribution in [0.5, 0.6) is 0 Å². The maximum Gasteiger partial charge on any atom is 0.155 e. The molecule has 1 aliphatic heterocycles. The summed E-state index contributed by atoms with van der Waals surface area (Å²) in [5.74, 6) is 0.314. The molecule has 3 rings (SSSR count). The molecule has 0 saturated carbocycles. The molecule has 1 saturated heterocycles. The van der Waals surface area contributed by atoms with Crippen LogP contribution in [-0.2, 0) is 9.84 Å². The van der Waals surface area contributed by atoms with E-state index in [1.165, 1.54) is 17.7 Å². The van der Waals surface area contributed by atoms with E-state index in [1.54, 1.807) is 0 Å². The summed E-state index contributed by atoms with van der Waals surface area (Å²) in [6.45, 7) is 0. The van der Waals surface area contributed by atoms with Crippen LogP contribution >= 0.6 is 11.3 Å². The third kappa shape index (κ3) is 2.06. The van der Waals surface area contributed by atoms with Crippen molar-refractivity contribution in [2.45, 2.75) is 12.1 Å². The van der Waals surface area contributed by atoms with Crippen LogP contribution < -0.4 is 5.32 Å². The number of fused-ring (bicyclic) bond motifs is 1. The molecular formula is C10H11N3O3S2. The van der Waals surface area contributed by atoms with Crippen LogP contribution in [0.4, 0.5) is 5.82 Å². The van der Waals surface area contributed by atoms with Gasteiger partial charge in [0, 0.05) is 0 Å². The van der Waals surface area contributed by atoms with E-state index in [0.29, 0.717) is 5.82 Å². The van der Waals surface area contributed by atoms with Crippen molar-refractivity contribution in [1.29, 1.82) is 0 Å². The molecule has 8 heteroatoms. The van der Waals surface area contributed by atoms with Crippen molar-refractivity contribution < 1.29 is 13.5 Å². The van der Waals surface area contributed by atoms with E-state index >= 15 is 0 Å². The maximum atomic E-state index is 11.4. The highest BCUT2D eigenvalue weighted by atomic mass is 32.2. The normalized spacial score (nSPS) is 26.5. The number of hydrogen-bond acceptors (Lipinski definition) is 7. The van der Waals surface area contributed by atoms with Crippen LogP contribution in [0.15, 0.2) is 17.8 Å². The zero-order valence-electron chi connectivity index (χ0n) is 9.28.